The third-order valence-corrected chi connectivity index (χ3v) is 4.47. The zero-order valence-corrected chi connectivity index (χ0v) is 10.9. The van der Waals surface area contributed by atoms with Crippen LogP contribution in [0.1, 0.15) is 26.3 Å². The van der Waals surface area contributed by atoms with Crippen LogP contribution in [0.25, 0.3) is 0 Å². The summed E-state index contributed by atoms with van der Waals surface area (Å²) in [4.78, 5) is 4.54. The third kappa shape index (κ3) is 1.66. The van der Waals surface area contributed by atoms with Gasteiger partial charge in [-0.15, -0.1) is 0 Å². The van der Waals surface area contributed by atoms with Gasteiger partial charge >= 0.3 is 0 Å². The smallest absolute Gasteiger partial charge is 0.257 e. The van der Waals surface area contributed by atoms with Crippen molar-refractivity contribution in [3.63, 3.8) is 0 Å². The lowest BCUT2D eigenvalue weighted by molar-refractivity contribution is 0.609. The minimum atomic E-state index is -3.67. The number of fused-ring (bicyclic) bond motifs is 1. The van der Waals surface area contributed by atoms with Crippen LogP contribution in [0.4, 0.5) is 5.69 Å². The van der Waals surface area contributed by atoms with Gasteiger partial charge < -0.3 is 0 Å². The van der Waals surface area contributed by atoms with Crippen LogP contribution in [-0.4, -0.2) is 14.1 Å². The average Bonchev–Trinajstić information content (AvgIpc) is 2.37. The van der Waals surface area contributed by atoms with Crippen LogP contribution in [-0.2, 0) is 14.5 Å². The molecule has 3 nitrogen and oxygen atoms in total. The SMILES string of the molecule is CC1=Nc2ccc(S(=O)(=O)Cl)cc2C1(C)C. The van der Waals surface area contributed by atoms with E-state index in [1.54, 1.807) is 12.1 Å². The Hall–Kier alpha value is -0.870. The summed E-state index contributed by atoms with van der Waals surface area (Å²) in [5.74, 6) is 0. The number of nitrogens with zero attached hydrogens (tertiary/aromatic N) is 1. The van der Waals surface area contributed by atoms with Crippen molar-refractivity contribution in [2.24, 2.45) is 4.99 Å². The normalized spacial score (nSPS) is 18.1. The van der Waals surface area contributed by atoms with Crippen LogP contribution in [0.5, 0.6) is 0 Å². The molecule has 0 aliphatic carbocycles. The van der Waals surface area contributed by atoms with Crippen LogP contribution >= 0.6 is 10.7 Å². The van der Waals surface area contributed by atoms with E-state index in [-0.39, 0.29) is 10.3 Å². The molecule has 0 radical (unpaired) electrons. The van der Waals surface area contributed by atoms with Gasteiger partial charge in [0.25, 0.3) is 9.05 Å². The molecule has 0 atom stereocenters. The Labute approximate surface area is 99.6 Å². The van der Waals surface area contributed by atoms with Crippen LogP contribution in [0, 0.1) is 0 Å². The highest BCUT2D eigenvalue weighted by Gasteiger charge is 2.33. The number of hydrogen-bond donors (Lipinski definition) is 0. The molecule has 0 fully saturated rings. The van der Waals surface area contributed by atoms with Crippen molar-refractivity contribution in [2.75, 3.05) is 0 Å². The van der Waals surface area contributed by atoms with E-state index in [1.807, 2.05) is 20.8 Å². The summed E-state index contributed by atoms with van der Waals surface area (Å²) in [5.41, 5.74) is 2.48. The molecule has 2 rings (SSSR count). The molecule has 1 aliphatic rings. The van der Waals surface area contributed by atoms with Crippen molar-refractivity contribution < 1.29 is 8.42 Å². The Bertz CT molecular complexity index is 588. The van der Waals surface area contributed by atoms with Gasteiger partial charge in [-0.25, -0.2) is 8.42 Å². The molecule has 0 N–H and O–H groups in total. The molecule has 1 heterocycles. The summed E-state index contributed by atoms with van der Waals surface area (Å²) in [5, 5.41) is 0. The first-order valence-electron chi connectivity index (χ1n) is 4.88. The third-order valence-electron chi connectivity index (χ3n) is 3.12. The fourth-order valence-corrected chi connectivity index (χ4v) is 2.56. The van der Waals surface area contributed by atoms with Crippen LogP contribution in [0.2, 0.25) is 0 Å². The molecular weight excluding hydrogens is 246 g/mol. The van der Waals surface area contributed by atoms with Gasteiger partial charge in [-0.1, -0.05) is 13.8 Å². The molecule has 86 valence electrons. The number of rotatable bonds is 1. The van der Waals surface area contributed by atoms with Crippen molar-refractivity contribution >= 4 is 31.1 Å². The molecule has 0 saturated carbocycles. The van der Waals surface area contributed by atoms with E-state index < -0.39 is 9.05 Å². The molecule has 0 aromatic heterocycles. The number of hydrogen-bond acceptors (Lipinski definition) is 3. The van der Waals surface area contributed by atoms with Gasteiger partial charge in [0.05, 0.1) is 10.6 Å². The van der Waals surface area contributed by atoms with Crippen LogP contribution in [0.15, 0.2) is 28.1 Å². The highest BCUT2D eigenvalue weighted by Crippen LogP contribution is 2.41. The summed E-state index contributed by atoms with van der Waals surface area (Å²) < 4.78 is 22.5. The minimum Gasteiger partial charge on any atom is -0.257 e. The summed E-state index contributed by atoms with van der Waals surface area (Å²) >= 11 is 0. The Morgan fingerprint density at radius 3 is 2.50 bits per heavy atom. The van der Waals surface area contributed by atoms with Crippen molar-refractivity contribution in [2.45, 2.75) is 31.1 Å². The zero-order chi connectivity index (χ0) is 12.1. The highest BCUT2D eigenvalue weighted by molar-refractivity contribution is 8.13. The Kier molecular flexibility index (Phi) is 2.40. The minimum absolute atomic E-state index is 0.130. The largest absolute Gasteiger partial charge is 0.261 e. The number of aliphatic imine (C=N–C) groups is 1. The summed E-state index contributed by atoms with van der Waals surface area (Å²) in [6.45, 7) is 5.97. The lowest BCUT2D eigenvalue weighted by Crippen LogP contribution is -2.22. The van der Waals surface area contributed by atoms with Gasteiger partial charge in [-0.05, 0) is 30.7 Å². The molecular formula is C11H12ClNO2S. The van der Waals surface area contributed by atoms with Gasteiger partial charge in [0.1, 0.15) is 0 Å². The van der Waals surface area contributed by atoms with E-state index in [4.69, 9.17) is 10.7 Å². The molecule has 0 unspecified atom stereocenters. The van der Waals surface area contributed by atoms with Gasteiger partial charge in [0.15, 0.2) is 0 Å². The van der Waals surface area contributed by atoms with E-state index >= 15 is 0 Å². The van der Waals surface area contributed by atoms with Crippen molar-refractivity contribution in [1.82, 2.24) is 0 Å². The second-order valence-electron chi connectivity index (χ2n) is 4.44. The molecule has 5 heteroatoms. The Morgan fingerprint density at radius 1 is 1.31 bits per heavy atom. The average molecular weight is 258 g/mol. The topological polar surface area (TPSA) is 46.5 Å². The quantitative estimate of drug-likeness (QED) is 0.726. The first-order valence-corrected chi connectivity index (χ1v) is 7.19. The Balaban J connectivity index is 2.66. The fourth-order valence-electron chi connectivity index (χ4n) is 1.78. The summed E-state index contributed by atoms with van der Waals surface area (Å²) in [7, 11) is 1.65. The van der Waals surface area contributed by atoms with E-state index in [0.29, 0.717) is 0 Å². The Morgan fingerprint density at radius 2 is 1.94 bits per heavy atom. The van der Waals surface area contributed by atoms with Crippen LogP contribution in [0.3, 0.4) is 0 Å². The maximum absolute atomic E-state index is 11.3. The zero-order valence-electron chi connectivity index (χ0n) is 9.28. The van der Waals surface area contributed by atoms with Gasteiger partial charge in [-0.3, -0.25) is 4.99 Å². The molecule has 0 bridgehead atoms. The lowest BCUT2D eigenvalue weighted by atomic mass is 9.82. The van der Waals surface area contributed by atoms with Gasteiger partial charge in [0.2, 0.25) is 0 Å². The first kappa shape index (κ1) is 11.6. The maximum Gasteiger partial charge on any atom is 0.261 e. The highest BCUT2D eigenvalue weighted by atomic mass is 35.7. The van der Waals surface area contributed by atoms with Crippen LogP contribution < -0.4 is 0 Å². The fraction of sp³-hybridized carbons (Fsp3) is 0.364. The van der Waals surface area contributed by atoms with Gasteiger partial charge in [0, 0.05) is 21.8 Å². The molecule has 0 saturated heterocycles. The first-order chi connectivity index (χ1) is 7.23. The maximum atomic E-state index is 11.3. The van der Waals surface area contributed by atoms with Gasteiger partial charge in [-0.2, -0.15) is 0 Å². The number of halogens is 1. The molecule has 0 amide bonds. The monoisotopic (exact) mass is 257 g/mol. The van der Waals surface area contributed by atoms with Crippen molar-refractivity contribution in [1.29, 1.82) is 0 Å². The second-order valence-corrected chi connectivity index (χ2v) is 7.00. The van der Waals surface area contributed by atoms with E-state index in [9.17, 15) is 8.42 Å². The van der Waals surface area contributed by atoms with E-state index in [1.165, 1.54) is 6.07 Å². The van der Waals surface area contributed by atoms with Crippen molar-refractivity contribution in [3.8, 4) is 0 Å². The lowest BCUT2D eigenvalue weighted by Gasteiger charge is -2.20. The molecule has 0 spiro atoms. The molecule has 1 aliphatic heterocycles. The second kappa shape index (κ2) is 3.31. The summed E-state index contributed by atoms with van der Waals surface area (Å²) in [6, 6.07) is 4.79. The molecule has 1 aromatic carbocycles. The number of benzene rings is 1. The van der Waals surface area contributed by atoms with E-state index in [2.05, 4.69) is 4.99 Å². The molecule has 16 heavy (non-hydrogen) atoms. The predicted molar refractivity (Wildman–Crippen MR) is 65.3 cm³/mol. The predicted octanol–water partition coefficient (Wildman–Crippen LogP) is 3.00. The standard InChI is InChI=1S/C11H12ClNO2S/c1-7-11(2,3)9-6-8(16(12,14)15)4-5-10(9)13-7/h4-6H,1-3H3. The summed E-state index contributed by atoms with van der Waals surface area (Å²) in [6.07, 6.45) is 0. The van der Waals surface area contributed by atoms with Crippen molar-refractivity contribution in [3.05, 3.63) is 23.8 Å². The molecule has 1 aromatic rings. The van der Waals surface area contributed by atoms with E-state index in [0.717, 1.165) is 17.0 Å².